The van der Waals surface area contributed by atoms with Crippen molar-refractivity contribution in [3.8, 4) is 5.75 Å². The molecule has 2 atom stereocenters. The Kier molecular flexibility index (Phi) is 4.10. The van der Waals surface area contributed by atoms with Gasteiger partial charge < -0.3 is 9.84 Å². The molecule has 0 saturated carbocycles. The minimum absolute atomic E-state index is 0.258. The second-order valence-electron chi connectivity index (χ2n) is 5.26. The SMILES string of the molecule is COc1ccccc1C(C)N1CC(C(C)C(=O)O)C1. The Morgan fingerprint density at radius 1 is 1.37 bits per heavy atom. The lowest BCUT2D eigenvalue weighted by Gasteiger charge is -2.45. The molecule has 2 unspecified atom stereocenters. The second-order valence-corrected chi connectivity index (χ2v) is 5.26. The van der Waals surface area contributed by atoms with Gasteiger partial charge >= 0.3 is 5.97 Å². The Labute approximate surface area is 114 Å². The zero-order chi connectivity index (χ0) is 14.0. The van der Waals surface area contributed by atoms with Crippen LogP contribution in [-0.2, 0) is 4.79 Å². The molecular weight excluding hydrogens is 242 g/mol. The largest absolute Gasteiger partial charge is 0.496 e. The van der Waals surface area contributed by atoms with E-state index in [0.29, 0.717) is 0 Å². The zero-order valence-corrected chi connectivity index (χ0v) is 11.7. The molecule has 1 saturated heterocycles. The smallest absolute Gasteiger partial charge is 0.306 e. The van der Waals surface area contributed by atoms with E-state index in [9.17, 15) is 4.79 Å². The van der Waals surface area contributed by atoms with Gasteiger partial charge in [-0.25, -0.2) is 0 Å². The highest BCUT2D eigenvalue weighted by molar-refractivity contribution is 5.70. The fraction of sp³-hybridized carbons (Fsp3) is 0.533. The van der Waals surface area contributed by atoms with Crippen molar-refractivity contribution in [1.82, 2.24) is 4.90 Å². The van der Waals surface area contributed by atoms with E-state index in [4.69, 9.17) is 9.84 Å². The summed E-state index contributed by atoms with van der Waals surface area (Å²) in [6.45, 7) is 5.61. The predicted molar refractivity (Wildman–Crippen MR) is 73.3 cm³/mol. The summed E-state index contributed by atoms with van der Waals surface area (Å²) in [5, 5.41) is 9.00. The van der Waals surface area contributed by atoms with Crippen LogP contribution in [0.15, 0.2) is 24.3 Å². The van der Waals surface area contributed by atoms with E-state index in [1.165, 1.54) is 0 Å². The van der Waals surface area contributed by atoms with Crippen molar-refractivity contribution in [3.63, 3.8) is 0 Å². The van der Waals surface area contributed by atoms with Crippen molar-refractivity contribution in [2.45, 2.75) is 19.9 Å². The molecular formula is C15H21NO3. The molecule has 1 fully saturated rings. The number of methoxy groups -OCH3 is 1. The molecule has 0 spiro atoms. The first-order valence-corrected chi connectivity index (χ1v) is 6.64. The van der Waals surface area contributed by atoms with Crippen LogP contribution in [0.5, 0.6) is 5.75 Å². The fourth-order valence-corrected chi connectivity index (χ4v) is 2.59. The molecule has 1 heterocycles. The lowest BCUT2D eigenvalue weighted by molar-refractivity contribution is -0.146. The van der Waals surface area contributed by atoms with E-state index in [2.05, 4.69) is 17.9 Å². The average Bonchev–Trinajstić information content (AvgIpc) is 2.36. The van der Waals surface area contributed by atoms with Gasteiger partial charge in [0.2, 0.25) is 0 Å². The third-order valence-electron chi connectivity index (χ3n) is 4.17. The van der Waals surface area contributed by atoms with Crippen molar-refractivity contribution in [2.24, 2.45) is 11.8 Å². The van der Waals surface area contributed by atoms with Crippen LogP contribution in [-0.4, -0.2) is 36.2 Å². The highest BCUT2D eigenvalue weighted by Gasteiger charge is 2.37. The van der Waals surface area contributed by atoms with Crippen LogP contribution in [0.25, 0.3) is 0 Å². The molecule has 1 N–H and O–H groups in total. The second kappa shape index (κ2) is 5.61. The van der Waals surface area contributed by atoms with Gasteiger partial charge in [-0.1, -0.05) is 25.1 Å². The molecule has 4 heteroatoms. The van der Waals surface area contributed by atoms with Crippen LogP contribution < -0.4 is 4.74 Å². The normalized spacial score (nSPS) is 19.5. The minimum atomic E-state index is -0.699. The van der Waals surface area contributed by atoms with Crippen molar-refractivity contribution >= 4 is 5.97 Å². The maximum Gasteiger partial charge on any atom is 0.306 e. The molecule has 1 aliphatic heterocycles. The highest BCUT2D eigenvalue weighted by atomic mass is 16.5. The van der Waals surface area contributed by atoms with Gasteiger partial charge in [-0.3, -0.25) is 9.69 Å². The van der Waals surface area contributed by atoms with Gasteiger partial charge in [-0.2, -0.15) is 0 Å². The van der Waals surface area contributed by atoms with E-state index < -0.39 is 5.97 Å². The van der Waals surface area contributed by atoms with E-state index in [1.54, 1.807) is 14.0 Å². The minimum Gasteiger partial charge on any atom is -0.496 e. The van der Waals surface area contributed by atoms with Crippen molar-refractivity contribution < 1.29 is 14.6 Å². The summed E-state index contributed by atoms with van der Waals surface area (Å²) in [7, 11) is 1.68. The number of carboxylic acids is 1. The van der Waals surface area contributed by atoms with Gasteiger partial charge in [0.15, 0.2) is 0 Å². The van der Waals surface area contributed by atoms with E-state index >= 15 is 0 Å². The fourth-order valence-electron chi connectivity index (χ4n) is 2.59. The van der Waals surface area contributed by atoms with Gasteiger partial charge in [-0.05, 0) is 18.9 Å². The quantitative estimate of drug-likeness (QED) is 0.886. The molecule has 0 aliphatic carbocycles. The first kappa shape index (κ1) is 13.9. The number of carboxylic acid groups (broad SMARTS) is 1. The molecule has 0 bridgehead atoms. The number of benzene rings is 1. The van der Waals surface area contributed by atoms with Crippen LogP contribution in [0.1, 0.15) is 25.5 Å². The van der Waals surface area contributed by atoms with Crippen LogP contribution in [0, 0.1) is 11.8 Å². The molecule has 104 valence electrons. The predicted octanol–water partition coefficient (Wildman–Crippen LogP) is 2.41. The monoisotopic (exact) mass is 263 g/mol. The van der Waals surface area contributed by atoms with E-state index in [0.717, 1.165) is 24.4 Å². The summed E-state index contributed by atoms with van der Waals surface area (Å²) in [6, 6.07) is 8.25. The van der Waals surface area contributed by atoms with E-state index in [-0.39, 0.29) is 17.9 Å². The van der Waals surface area contributed by atoms with Gasteiger partial charge in [0.25, 0.3) is 0 Å². The van der Waals surface area contributed by atoms with Crippen molar-refractivity contribution in [3.05, 3.63) is 29.8 Å². The molecule has 0 radical (unpaired) electrons. The van der Waals surface area contributed by atoms with Gasteiger partial charge in [-0.15, -0.1) is 0 Å². The topological polar surface area (TPSA) is 49.8 Å². The first-order chi connectivity index (χ1) is 9.04. The summed E-state index contributed by atoms with van der Waals surface area (Å²) in [6.07, 6.45) is 0. The third-order valence-corrected chi connectivity index (χ3v) is 4.17. The molecule has 2 rings (SSSR count). The third kappa shape index (κ3) is 2.73. The number of ether oxygens (including phenoxy) is 1. The highest BCUT2D eigenvalue weighted by Crippen LogP contribution is 2.35. The van der Waals surface area contributed by atoms with Crippen LogP contribution in [0.4, 0.5) is 0 Å². The Balaban J connectivity index is 2.00. The Hall–Kier alpha value is -1.55. The Bertz CT molecular complexity index is 454. The lowest BCUT2D eigenvalue weighted by Crippen LogP contribution is -2.51. The summed E-state index contributed by atoms with van der Waals surface area (Å²) in [5.74, 6) is 0.190. The molecule has 0 aromatic heterocycles. The molecule has 4 nitrogen and oxygen atoms in total. The van der Waals surface area contributed by atoms with Gasteiger partial charge in [0.05, 0.1) is 13.0 Å². The number of para-hydroxylation sites is 1. The number of hydrogen-bond donors (Lipinski definition) is 1. The number of likely N-dealkylation sites (tertiary alicyclic amines) is 1. The molecule has 1 aromatic carbocycles. The van der Waals surface area contributed by atoms with Crippen LogP contribution >= 0.6 is 0 Å². The van der Waals surface area contributed by atoms with Crippen LogP contribution in [0.3, 0.4) is 0 Å². The molecule has 0 amide bonds. The molecule has 1 aromatic rings. The van der Waals surface area contributed by atoms with E-state index in [1.807, 2.05) is 18.2 Å². The Morgan fingerprint density at radius 3 is 2.58 bits per heavy atom. The number of rotatable bonds is 5. The number of hydrogen-bond acceptors (Lipinski definition) is 3. The van der Waals surface area contributed by atoms with Crippen molar-refractivity contribution in [2.75, 3.05) is 20.2 Å². The van der Waals surface area contributed by atoms with Gasteiger partial charge in [0, 0.05) is 24.7 Å². The lowest BCUT2D eigenvalue weighted by atomic mass is 9.85. The number of aliphatic carboxylic acids is 1. The molecule has 19 heavy (non-hydrogen) atoms. The molecule has 1 aliphatic rings. The zero-order valence-electron chi connectivity index (χ0n) is 11.7. The summed E-state index contributed by atoms with van der Waals surface area (Å²) in [5.41, 5.74) is 1.16. The summed E-state index contributed by atoms with van der Waals surface area (Å²) in [4.78, 5) is 13.2. The summed E-state index contributed by atoms with van der Waals surface area (Å²) < 4.78 is 5.38. The van der Waals surface area contributed by atoms with Crippen LogP contribution in [0.2, 0.25) is 0 Å². The maximum atomic E-state index is 10.9. The van der Waals surface area contributed by atoms with Crippen molar-refractivity contribution in [1.29, 1.82) is 0 Å². The summed E-state index contributed by atoms with van der Waals surface area (Å²) >= 11 is 0. The number of carbonyl (C=O) groups is 1. The average molecular weight is 263 g/mol. The van der Waals surface area contributed by atoms with Gasteiger partial charge in [0.1, 0.15) is 5.75 Å². The number of nitrogens with zero attached hydrogens (tertiary/aromatic N) is 1. The first-order valence-electron chi connectivity index (χ1n) is 6.64. The standard InChI is InChI=1S/C15H21NO3/c1-10(15(17)18)12-8-16(9-12)11(2)13-6-4-5-7-14(13)19-3/h4-7,10-12H,8-9H2,1-3H3,(H,17,18). The maximum absolute atomic E-state index is 10.9. The Morgan fingerprint density at radius 2 is 2.00 bits per heavy atom.